The zero-order chi connectivity index (χ0) is 18.4. The molecule has 2 N–H and O–H groups in total. The van der Waals surface area contributed by atoms with Crippen molar-refractivity contribution in [2.24, 2.45) is 0 Å². The topological polar surface area (TPSA) is 57.5 Å². The van der Waals surface area contributed by atoms with E-state index in [-0.39, 0.29) is 18.0 Å². The molecular weight excluding hydrogens is 326 g/mol. The Morgan fingerprint density at radius 2 is 1.88 bits per heavy atom. The van der Waals surface area contributed by atoms with E-state index in [1.54, 1.807) is 6.26 Å². The molecule has 3 rings (SSSR count). The van der Waals surface area contributed by atoms with Gasteiger partial charge in [-0.15, -0.1) is 0 Å². The van der Waals surface area contributed by atoms with Gasteiger partial charge in [0.2, 0.25) is 5.91 Å². The lowest BCUT2D eigenvalue weighted by Crippen LogP contribution is -2.44. The van der Waals surface area contributed by atoms with Crippen molar-refractivity contribution in [1.82, 2.24) is 10.2 Å². The molecule has 2 aromatic rings. The van der Waals surface area contributed by atoms with E-state index in [4.69, 9.17) is 4.42 Å². The van der Waals surface area contributed by atoms with E-state index in [0.29, 0.717) is 6.54 Å². The molecule has 1 fully saturated rings. The molecule has 2 atom stereocenters. The maximum Gasteiger partial charge on any atom is 0.241 e. The summed E-state index contributed by atoms with van der Waals surface area (Å²) in [6, 6.07) is 11.7. The number of amides is 1. The lowest BCUT2D eigenvalue weighted by Gasteiger charge is -2.34. The maximum atomic E-state index is 12.5. The Balaban J connectivity index is 1.57. The Morgan fingerprint density at radius 3 is 2.54 bits per heavy atom. The van der Waals surface area contributed by atoms with Gasteiger partial charge in [-0.3, -0.25) is 9.69 Å². The van der Waals surface area contributed by atoms with Crippen molar-refractivity contribution in [2.75, 3.05) is 25.0 Å². The van der Waals surface area contributed by atoms with Crippen LogP contribution in [-0.2, 0) is 4.79 Å². The third kappa shape index (κ3) is 4.96. The number of nitrogens with zero attached hydrogens (tertiary/aromatic N) is 1. The average molecular weight is 355 g/mol. The quantitative estimate of drug-likeness (QED) is 0.794. The number of carbonyl (C=O) groups is 1. The van der Waals surface area contributed by atoms with E-state index in [9.17, 15) is 4.79 Å². The number of rotatable bonds is 7. The Labute approximate surface area is 155 Å². The molecule has 1 aromatic carbocycles. The fourth-order valence-corrected chi connectivity index (χ4v) is 3.39. The molecule has 0 radical (unpaired) electrons. The Hall–Kier alpha value is -2.11. The summed E-state index contributed by atoms with van der Waals surface area (Å²) in [5.41, 5.74) is 2.00. The van der Waals surface area contributed by atoms with Gasteiger partial charge in [-0.1, -0.05) is 24.1 Å². The van der Waals surface area contributed by atoms with E-state index < -0.39 is 0 Å². The molecule has 0 bridgehead atoms. The van der Waals surface area contributed by atoms with Crippen LogP contribution in [0, 0.1) is 6.92 Å². The molecule has 26 heavy (non-hydrogen) atoms. The monoisotopic (exact) mass is 355 g/mol. The highest BCUT2D eigenvalue weighted by Crippen LogP contribution is 2.24. The number of hydrogen-bond acceptors (Lipinski definition) is 4. The summed E-state index contributed by atoms with van der Waals surface area (Å²) in [5, 5.41) is 6.35. The second-order valence-corrected chi connectivity index (χ2v) is 7.11. The summed E-state index contributed by atoms with van der Waals surface area (Å²) in [4.78, 5) is 14.9. The van der Waals surface area contributed by atoms with Gasteiger partial charge in [0.15, 0.2) is 0 Å². The summed E-state index contributed by atoms with van der Waals surface area (Å²) in [5.74, 6) is 0.941. The van der Waals surface area contributed by atoms with Gasteiger partial charge in [0, 0.05) is 12.2 Å². The van der Waals surface area contributed by atoms with Crippen molar-refractivity contribution in [3.63, 3.8) is 0 Å². The van der Waals surface area contributed by atoms with Crippen LogP contribution >= 0.6 is 0 Å². The number of piperidine rings is 1. The number of furan rings is 1. The largest absolute Gasteiger partial charge is 0.468 e. The minimum absolute atomic E-state index is 0.0225. The third-order valence-electron chi connectivity index (χ3n) is 5.03. The lowest BCUT2D eigenvalue weighted by atomic mass is 10.1. The van der Waals surface area contributed by atoms with Crippen LogP contribution in [0.25, 0.3) is 0 Å². The molecule has 0 saturated carbocycles. The number of likely N-dealkylation sites (tertiary alicyclic amines) is 1. The fourth-order valence-electron chi connectivity index (χ4n) is 3.39. The number of aryl methyl sites for hydroxylation is 1. The van der Waals surface area contributed by atoms with Gasteiger partial charge < -0.3 is 15.1 Å². The molecule has 5 heteroatoms. The molecular formula is C21H29N3O2. The minimum Gasteiger partial charge on any atom is -0.468 e. The predicted molar refractivity (Wildman–Crippen MR) is 104 cm³/mol. The zero-order valence-corrected chi connectivity index (χ0v) is 15.7. The van der Waals surface area contributed by atoms with Crippen LogP contribution in [0.4, 0.5) is 5.69 Å². The molecule has 1 aliphatic rings. The molecule has 0 spiro atoms. The number of nitrogens with one attached hydrogen (secondary N) is 2. The van der Waals surface area contributed by atoms with Gasteiger partial charge >= 0.3 is 0 Å². The number of benzene rings is 1. The summed E-state index contributed by atoms with van der Waals surface area (Å²) in [6.45, 7) is 6.79. The van der Waals surface area contributed by atoms with Crippen molar-refractivity contribution in [1.29, 1.82) is 0 Å². The minimum atomic E-state index is -0.279. The Bertz CT molecular complexity index is 676. The first kappa shape index (κ1) is 18.7. The molecule has 1 saturated heterocycles. The summed E-state index contributed by atoms with van der Waals surface area (Å²) >= 11 is 0. The van der Waals surface area contributed by atoms with Crippen molar-refractivity contribution in [2.45, 2.75) is 45.2 Å². The van der Waals surface area contributed by atoms with Crippen molar-refractivity contribution in [3.8, 4) is 0 Å². The highest BCUT2D eigenvalue weighted by molar-refractivity contribution is 5.94. The summed E-state index contributed by atoms with van der Waals surface area (Å²) < 4.78 is 5.67. The van der Waals surface area contributed by atoms with Crippen LogP contribution in [0.15, 0.2) is 47.1 Å². The first-order valence-electron chi connectivity index (χ1n) is 9.52. The van der Waals surface area contributed by atoms with E-state index in [1.807, 2.05) is 50.2 Å². The maximum absolute atomic E-state index is 12.5. The van der Waals surface area contributed by atoms with E-state index in [2.05, 4.69) is 15.5 Å². The molecule has 2 heterocycles. The second-order valence-electron chi connectivity index (χ2n) is 7.11. The number of anilines is 1. The van der Waals surface area contributed by atoms with Gasteiger partial charge in [-0.2, -0.15) is 0 Å². The van der Waals surface area contributed by atoms with Crippen LogP contribution in [0.1, 0.15) is 43.6 Å². The first-order chi connectivity index (χ1) is 12.6. The first-order valence-corrected chi connectivity index (χ1v) is 9.52. The fraction of sp³-hybridized carbons (Fsp3) is 0.476. The highest BCUT2D eigenvalue weighted by atomic mass is 16.3. The highest BCUT2D eigenvalue weighted by Gasteiger charge is 2.25. The van der Waals surface area contributed by atoms with Crippen LogP contribution in [0.2, 0.25) is 0 Å². The summed E-state index contributed by atoms with van der Waals surface area (Å²) in [6.07, 6.45) is 5.46. The van der Waals surface area contributed by atoms with Crippen LogP contribution in [0.5, 0.6) is 0 Å². The lowest BCUT2D eigenvalue weighted by molar-refractivity contribution is -0.117. The van der Waals surface area contributed by atoms with Gasteiger partial charge in [0.05, 0.1) is 18.3 Å². The van der Waals surface area contributed by atoms with Gasteiger partial charge in [0.1, 0.15) is 5.76 Å². The second kappa shape index (κ2) is 9.01. The standard InChI is InChI=1S/C21H29N3O2/c1-16-8-10-18(11-9-16)23-21(25)17(2)22-15-19(20-7-6-14-26-20)24-12-4-3-5-13-24/h6-11,14,17,19,22H,3-5,12-13,15H2,1-2H3,(H,23,25). The molecule has 2 unspecified atom stereocenters. The van der Waals surface area contributed by atoms with Crippen molar-refractivity contribution < 1.29 is 9.21 Å². The van der Waals surface area contributed by atoms with Crippen molar-refractivity contribution in [3.05, 3.63) is 54.0 Å². The average Bonchev–Trinajstić information content (AvgIpc) is 3.19. The smallest absolute Gasteiger partial charge is 0.241 e. The normalized spacial score (nSPS) is 17.6. The molecule has 1 amide bonds. The number of carbonyl (C=O) groups excluding carboxylic acids is 1. The van der Waals surface area contributed by atoms with Gasteiger partial charge in [-0.25, -0.2) is 0 Å². The van der Waals surface area contributed by atoms with E-state index in [1.165, 1.54) is 24.8 Å². The van der Waals surface area contributed by atoms with Crippen LogP contribution < -0.4 is 10.6 Å². The molecule has 1 aromatic heterocycles. The Kier molecular flexibility index (Phi) is 6.47. The van der Waals surface area contributed by atoms with Crippen LogP contribution in [0.3, 0.4) is 0 Å². The van der Waals surface area contributed by atoms with E-state index >= 15 is 0 Å². The van der Waals surface area contributed by atoms with Crippen molar-refractivity contribution >= 4 is 11.6 Å². The summed E-state index contributed by atoms with van der Waals surface area (Å²) in [7, 11) is 0. The number of hydrogen-bond donors (Lipinski definition) is 2. The Morgan fingerprint density at radius 1 is 1.15 bits per heavy atom. The van der Waals surface area contributed by atoms with Crippen LogP contribution in [-0.4, -0.2) is 36.5 Å². The molecule has 1 aliphatic heterocycles. The molecule has 0 aliphatic carbocycles. The van der Waals surface area contributed by atoms with E-state index in [0.717, 1.165) is 24.5 Å². The third-order valence-corrected chi connectivity index (χ3v) is 5.03. The molecule has 140 valence electrons. The van der Waals surface area contributed by atoms with Gasteiger partial charge in [-0.05, 0) is 64.0 Å². The van der Waals surface area contributed by atoms with Gasteiger partial charge in [0.25, 0.3) is 0 Å². The predicted octanol–water partition coefficient (Wildman–Crippen LogP) is 3.73. The molecule has 5 nitrogen and oxygen atoms in total. The SMILES string of the molecule is Cc1ccc(NC(=O)C(C)NCC(c2ccco2)N2CCCCC2)cc1. The zero-order valence-electron chi connectivity index (χ0n) is 15.7.